The number of esters is 1. The molecule has 1 atom stereocenters. The lowest BCUT2D eigenvalue weighted by Gasteiger charge is -2.08. The molecule has 0 bridgehead atoms. The summed E-state index contributed by atoms with van der Waals surface area (Å²) in [4.78, 5) is 20.6. The Morgan fingerprint density at radius 3 is 3.15 bits per heavy atom. The third-order valence-corrected chi connectivity index (χ3v) is 1.27. The predicted octanol–water partition coefficient (Wildman–Crippen LogP) is -0.453. The Morgan fingerprint density at radius 1 is 1.77 bits per heavy atom. The highest BCUT2D eigenvalue weighted by Gasteiger charge is 2.25. The molecule has 0 aromatic rings. The molecule has 0 N–H and O–H groups in total. The Bertz CT molecular complexity index is 233. The average Bonchev–Trinajstić information content (AvgIpc) is 2.62. The largest absolute Gasteiger partial charge is 0.463 e. The van der Waals surface area contributed by atoms with E-state index in [1.165, 1.54) is 7.11 Å². The van der Waals surface area contributed by atoms with Gasteiger partial charge in [0.05, 0.1) is 7.11 Å². The highest BCUT2D eigenvalue weighted by Crippen LogP contribution is 2.14. The number of hydrogen-bond acceptors (Lipinski definition) is 6. The SMILES string of the molecule is COC(=O)C1=COC(COC=O)O1. The minimum Gasteiger partial charge on any atom is -0.463 e. The second kappa shape index (κ2) is 4.34. The first kappa shape index (κ1) is 9.37. The first-order valence-electron chi connectivity index (χ1n) is 3.43. The van der Waals surface area contributed by atoms with Gasteiger partial charge in [0, 0.05) is 0 Å². The van der Waals surface area contributed by atoms with Crippen molar-refractivity contribution in [1.82, 2.24) is 0 Å². The third-order valence-electron chi connectivity index (χ3n) is 1.27. The van der Waals surface area contributed by atoms with E-state index in [1.54, 1.807) is 0 Å². The summed E-state index contributed by atoms with van der Waals surface area (Å²) >= 11 is 0. The predicted molar refractivity (Wildman–Crippen MR) is 38.1 cm³/mol. The molecule has 1 rings (SSSR count). The molecule has 0 spiro atoms. The fraction of sp³-hybridized carbons (Fsp3) is 0.429. The van der Waals surface area contributed by atoms with Crippen molar-refractivity contribution < 1.29 is 28.5 Å². The Kier molecular flexibility index (Phi) is 3.13. The molecule has 6 nitrogen and oxygen atoms in total. The zero-order valence-electron chi connectivity index (χ0n) is 6.89. The molecular weight excluding hydrogens is 180 g/mol. The monoisotopic (exact) mass is 188 g/mol. The van der Waals surface area contributed by atoms with Crippen LogP contribution in [0.1, 0.15) is 0 Å². The van der Waals surface area contributed by atoms with Crippen LogP contribution in [0.5, 0.6) is 0 Å². The molecule has 72 valence electrons. The summed E-state index contributed by atoms with van der Waals surface area (Å²) in [6.07, 6.45) is 0.351. The lowest BCUT2D eigenvalue weighted by atomic mass is 10.6. The van der Waals surface area contributed by atoms with Gasteiger partial charge < -0.3 is 18.9 Å². The summed E-state index contributed by atoms with van der Waals surface area (Å²) in [6, 6.07) is 0. The van der Waals surface area contributed by atoms with Gasteiger partial charge in [0.15, 0.2) is 6.61 Å². The third kappa shape index (κ3) is 2.36. The van der Waals surface area contributed by atoms with Gasteiger partial charge in [-0.15, -0.1) is 0 Å². The van der Waals surface area contributed by atoms with Gasteiger partial charge in [0.1, 0.15) is 6.26 Å². The van der Waals surface area contributed by atoms with Gasteiger partial charge in [-0.05, 0) is 0 Å². The molecule has 0 aromatic heterocycles. The average molecular weight is 188 g/mol. The number of ether oxygens (including phenoxy) is 4. The fourth-order valence-electron chi connectivity index (χ4n) is 0.723. The van der Waals surface area contributed by atoms with E-state index in [4.69, 9.17) is 9.47 Å². The maximum atomic E-state index is 10.8. The van der Waals surface area contributed by atoms with Crippen molar-refractivity contribution in [3.05, 3.63) is 12.0 Å². The second-order valence-corrected chi connectivity index (χ2v) is 2.09. The van der Waals surface area contributed by atoms with Crippen LogP contribution in [0.4, 0.5) is 0 Å². The zero-order valence-corrected chi connectivity index (χ0v) is 6.89. The van der Waals surface area contributed by atoms with E-state index in [2.05, 4.69) is 9.47 Å². The van der Waals surface area contributed by atoms with Crippen molar-refractivity contribution in [2.45, 2.75) is 6.29 Å². The summed E-state index contributed by atoms with van der Waals surface area (Å²) in [5, 5.41) is 0. The molecule has 0 radical (unpaired) electrons. The van der Waals surface area contributed by atoms with E-state index in [0.29, 0.717) is 0 Å². The van der Waals surface area contributed by atoms with Crippen molar-refractivity contribution in [3.8, 4) is 0 Å². The Morgan fingerprint density at radius 2 is 2.54 bits per heavy atom. The summed E-state index contributed by atoms with van der Waals surface area (Å²) in [5.74, 6) is -0.671. The molecule has 0 saturated carbocycles. The van der Waals surface area contributed by atoms with Gasteiger partial charge in [0.25, 0.3) is 12.8 Å². The second-order valence-electron chi connectivity index (χ2n) is 2.09. The van der Waals surface area contributed by atoms with Crippen LogP contribution in [-0.2, 0) is 28.5 Å². The molecule has 1 aliphatic rings. The van der Waals surface area contributed by atoms with Crippen LogP contribution < -0.4 is 0 Å². The number of carbonyl (C=O) groups excluding carboxylic acids is 2. The molecule has 13 heavy (non-hydrogen) atoms. The smallest absolute Gasteiger partial charge is 0.376 e. The molecule has 6 heteroatoms. The number of hydrogen-bond donors (Lipinski definition) is 0. The number of methoxy groups -OCH3 is 1. The molecule has 0 amide bonds. The van der Waals surface area contributed by atoms with Crippen LogP contribution in [0.2, 0.25) is 0 Å². The van der Waals surface area contributed by atoms with E-state index < -0.39 is 12.3 Å². The Labute approximate surface area is 74.0 Å². The first-order valence-corrected chi connectivity index (χ1v) is 3.43. The van der Waals surface area contributed by atoms with E-state index >= 15 is 0 Å². The number of carbonyl (C=O) groups is 2. The van der Waals surface area contributed by atoms with Crippen molar-refractivity contribution in [3.63, 3.8) is 0 Å². The molecule has 0 aliphatic carbocycles. The molecule has 1 unspecified atom stereocenters. The Hall–Kier alpha value is -1.72. The lowest BCUT2D eigenvalue weighted by molar-refractivity contribution is -0.148. The van der Waals surface area contributed by atoms with E-state index in [9.17, 15) is 9.59 Å². The van der Waals surface area contributed by atoms with Gasteiger partial charge >= 0.3 is 5.97 Å². The van der Waals surface area contributed by atoms with Crippen molar-refractivity contribution in [2.24, 2.45) is 0 Å². The number of rotatable bonds is 4. The summed E-state index contributed by atoms with van der Waals surface area (Å²) in [6.45, 7) is 0.198. The molecule has 0 aromatic carbocycles. The van der Waals surface area contributed by atoms with Crippen molar-refractivity contribution in [1.29, 1.82) is 0 Å². The maximum Gasteiger partial charge on any atom is 0.376 e. The van der Waals surface area contributed by atoms with Crippen LogP contribution in [0.15, 0.2) is 12.0 Å². The normalized spacial score (nSPS) is 19.5. The minimum atomic E-state index is -0.765. The van der Waals surface area contributed by atoms with Gasteiger partial charge in [0.2, 0.25) is 5.76 Å². The molecule has 0 saturated heterocycles. The van der Waals surface area contributed by atoms with E-state index in [-0.39, 0.29) is 18.8 Å². The van der Waals surface area contributed by atoms with Gasteiger partial charge in [-0.1, -0.05) is 0 Å². The standard InChI is InChI=1S/C7H8O6/c1-10-7(9)5-2-12-6(13-5)3-11-4-8/h2,4,6H,3H2,1H3. The topological polar surface area (TPSA) is 71.1 Å². The van der Waals surface area contributed by atoms with Gasteiger partial charge in [-0.2, -0.15) is 0 Å². The first-order chi connectivity index (χ1) is 6.27. The molecule has 1 heterocycles. The molecule has 0 fully saturated rings. The fourth-order valence-corrected chi connectivity index (χ4v) is 0.723. The van der Waals surface area contributed by atoms with E-state index in [1.807, 2.05) is 0 Å². The highest BCUT2D eigenvalue weighted by atomic mass is 16.7. The summed E-state index contributed by atoms with van der Waals surface area (Å²) in [5.41, 5.74) is 0. The van der Waals surface area contributed by atoms with Crippen molar-refractivity contribution >= 4 is 12.4 Å². The lowest BCUT2D eigenvalue weighted by Crippen LogP contribution is -2.18. The summed E-state index contributed by atoms with van der Waals surface area (Å²) in [7, 11) is 1.22. The molecule has 1 aliphatic heterocycles. The zero-order chi connectivity index (χ0) is 9.68. The van der Waals surface area contributed by atoms with Crippen LogP contribution in [0.3, 0.4) is 0 Å². The van der Waals surface area contributed by atoms with Crippen LogP contribution >= 0.6 is 0 Å². The minimum absolute atomic E-state index is 0.0398. The van der Waals surface area contributed by atoms with Crippen LogP contribution in [-0.4, -0.2) is 32.4 Å². The highest BCUT2D eigenvalue weighted by molar-refractivity contribution is 5.86. The van der Waals surface area contributed by atoms with Crippen molar-refractivity contribution in [2.75, 3.05) is 13.7 Å². The Balaban J connectivity index is 2.33. The van der Waals surface area contributed by atoms with Gasteiger partial charge in [-0.3, -0.25) is 4.79 Å². The maximum absolute atomic E-state index is 10.8. The van der Waals surface area contributed by atoms with Crippen LogP contribution in [0, 0.1) is 0 Å². The van der Waals surface area contributed by atoms with E-state index in [0.717, 1.165) is 6.26 Å². The molecular formula is C7H8O6. The van der Waals surface area contributed by atoms with Gasteiger partial charge in [-0.25, -0.2) is 4.79 Å². The van der Waals surface area contributed by atoms with Crippen LogP contribution in [0.25, 0.3) is 0 Å². The summed E-state index contributed by atoms with van der Waals surface area (Å²) < 4.78 is 18.4. The quantitative estimate of drug-likeness (QED) is 0.439.